The number of benzene rings is 1. The van der Waals surface area contributed by atoms with Gasteiger partial charge in [-0.15, -0.1) is 0 Å². The third kappa shape index (κ3) is 2.64. The molecule has 0 amide bonds. The van der Waals surface area contributed by atoms with Gasteiger partial charge in [-0.3, -0.25) is 13.9 Å². The fourth-order valence-electron chi connectivity index (χ4n) is 2.01. The number of aryl methyl sites for hydroxylation is 1. The Morgan fingerprint density at radius 3 is 2.53 bits per heavy atom. The standard InChI is InChI=1S/C13H15BrN2O3/c1-13(2,19)7-16-11(17)9-5-4-8(14)6-10(9)15(3)12(16)18/h4-6,19H,7H2,1-3H3. The fourth-order valence-corrected chi connectivity index (χ4v) is 2.35. The van der Waals surface area contributed by atoms with Gasteiger partial charge in [-0.25, -0.2) is 4.79 Å². The molecular weight excluding hydrogens is 312 g/mol. The molecule has 2 rings (SSSR count). The van der Waals surface area contributed by atoms with Gasteiger partial charge in [-0.2, -0.15) is 0 Å². The van der Waals surface area contributed by atoms with Crippen LogP contribution in [0.5, 0.6) is 0 Å². The third-order valence-electron chi connectivity index (χ3n) is 2.86. The van der Waals surface area contributed by atoms with E-state index in [1.54, 1.807) is 39.1 Å². The number of aromatic nitrogens is 2. The van der Waals surface area contributed by atoms with E-state index in [4.69, 9.17) is 0 Å². The summed E-state index contributed by atoms with van der Waals surface area (Å²) in [7, 11) is 1.61. The van der Waals surface area contributed by atoms with E-state index in [2.05, 4.69) is 15.9 Å². The van der Waals surface area contributed by atoms with E-state index >= 15 is 0 Å². The predicted octanol–water partition coefficient (Wildman–Crippen LogP) is 1.23. The summed E-state index contributed by atoms with van der Waals surface area (Å²) in [5.41, 5.74) is -1.37. The molecule has 0 fully saturated rings. The molecule has 0 bridgehead atoms. The Morgan fingerprint density at radius 2 is 1.95 bits per heavy atom. The topological polar surface area (TPSA) is 64.2 Å². The van der Waals surface area contributed by atoms with Gasteiger partial charge >= 0.3 is 5.69 Å². The van der Waals surface area contributed by atoms with E-state index in [0.717, 1.165) is 9.04 Å². The van der Waals surface area contributed by atoms with Crippen molar-refractivity contribution in [3.8, 4) is 0 Å². The van der Waals surface area contributed by atoms with Crippen LogP contribution in [0, 0.1) is 0 Å². The lowest BCUT2D eigenvalue weighted by molar-refractivity contribution is 0.0589. The van der Waals surface area contributed by atoms with Gasteiger partial charge < -0.3 is 5.11 Å². The minimum atomic E-state index is -1.13. The number of hydrogen-bond donors (Lipinski definition) is 1. The van der Waals surface area contributed by atoms with Crippen molar-refractivity contribution in [2.75, 3.05) is 0 Å². The van der Waals surface area contributed by atoms with Crippen LogP contribution in [0.1, 0.15) is 13.8 Å². The second kappa shape index (κ2) is 4.61. The van der Waals surface area contributed by atoms with Crippen LogP contribution in [-0.2, 0) is 13.6 Å². The van der Waals surface area contributed by atoms with Crippen LogP contribution >= 0.6 is 15.9 Å². The van der Waals surface area contributed by atoms with Crippen molar-refractivity contribution in [3.05, 3.63) is 43.5 Å². The molecular formula is C13H15BrN2O3. The number of halogens is 1. The molecule has 0 radical (unpaired) electrons. The Bertz CT molecular complexity index is 753. The number of fused-ring (bicyclic) bond motifs is 1. The SMILES string of the molecule is Cn1c(=O)n(CC(C)(C)O)c(=O)c2ccc(Br)cc21. The van der Waals surface area contributed by atoms with Crippen molar-refractivity contribution in [2.45, 2.75) is 26.0 Å². The van der Waals surface area contributed by atoms with Crippen LogP contribution in [0.15, 0.2) is 32.3 Å². The van der Waals surface area contributed by atoms with Crippen LogP contribution in [0.4, 0.5) is 0 Å². The summed E-state index contributed by atoms with van der Waals surface area (Å²) in [5, 5.41) is 10.3. The molecule has 2 aromatic rings. The maximum Gasteiger partial charge on any atom is 0.331 e. The summed E-state index contributed by atoms with van der Waals surface area (Å²) in [6.07, 6.45) is 0. The zero-order valence-electron chi connectivity index (χ0n) is 11.0. The van der Waals surface area contributed by atoms with Crippen molar-refractivity contribution in [1.29, 1.82) is 0 Å². The minimum Gasteiger partial charge on any atom is -0.389 e. The highest BCUT2D eigenvalue weighted by Gasteiger charge is 2.19. The molecule has 102 valence electrons. The minimum absolute atomic E-state index is 0.0372. The Balaban J connectivity index is 2.85. The van der Waals surface area contributed by atoms with Crippen LogP contribution in [0.3, 0.4) is 0 Å². The van der Waals surface area contributed by atoms with E-state index < -0.39 is 11.3 Å². The average molecular weight is 327 g/mol. The van der Waals surface area contributed by atoms with Crippen LogP contribution in [-0.4, -0.2) is 19.8 Å². The van der Waals surface area contributed by atoms with Gasteiger partial charge in [0.15, 0.2) is 0 Å². The molecule has 1 aromatic carbocycles. The first-order chi connectivity index (χ1) is 8.70. The van der Waals surface area contributed by atoms with Crippen molar-refractivity contribution in [3.63, 3.8) is 0 Å². The third-order valence-corrected chi connectivity index (χ3v) is 3.35. The second-order valence-corrected chi connectivity index (χ2v) is 6.12. The van der Waals surface area contributed by atoms with Crippen molar-refractivity contribution < 1.29 is 5.11 Å². The fraction of sp³-hybridized carbons (Fsp3) is 0.385. The van der Waals surface area contributed by atoms with Crippen molar-refractivity contribution in [1.82, 2.24) is 9.13 Å². The number of nitrogens with zero attached hydrogens (tertiary/aromatic N) is 2. The first kappa shape index (κ1) is 14.0. The lowest BCUT2D eigenvalue weighted by atomic mass is 10.1. The first-order valence-electron chi connectivity index (χ1n) is 5.82. The highest BCUT2D eigenvalue weighted by atomic mass is 79.9. The zero-order chi connectivity index (χ0) is 14.4. The molecule has 0 spiro atoms. The summed E-state index contributed by atoms with van der Waals surface area (Å²) in [6.45, 7) is 3.08. The molecule has 1 heterocycles. The Morgan fingerprint density at radius 1 is 1.32 bits per heavy atom. The van der Waals surface area contributed by atoms with Crippen LogP contribution in [0.25, 0.3) is 10.9 Å². The van der Waals surface area contributed by atoms with Gasteiger partial charge in [0.05, 0.1) is 23.0 Å². The molecule has 6 heteroatoms. The summed E-state index contributed by atoms with van der Waals surface area (Å²) in [4.78, 5) is 24.5. The monoisotopic (exact) mass is 326 g/mol. The van der Waals surface area contributed by atoms with Gasteiger partial charge in [-0.05, 0) is 32.0 Å². The van der Waals surface area contributed by atoms with Crippen molar-refractivity contribution in [2.24, 2.45) is 7.05 Å². The van der Waals surface area contributed by atoms with Gasteiger partial charge in [0, 0.05) is 11.5 Å². The molecule has 5 nitrogen and oxygen atoms in total. The van der Waals surface area contributed by atoms with Gasteiger partial charge in [0.1, 0.15) is 0 Å². The molecule has 0 aliphatic rings. The van der Waals surface area contributed by atoms with Gasteiger partial charge in [-0.1, -0.05) is 15.9 Å². The molecule has 0 atom stereocenters. The lowest BCUT2D eigenvalue weighted by Crippen LogP contribution is -2.44. The highest BCUT2D eigenvalue weighted by Crippen LogP contribution is 2.15. The zero-order valence-corrected chi connectivity index (χ0v) is 12.6. The predicted molar refractivity (Wildman–Crippen MR) is 77.4 cm³/mol. The highest BCUT2D eigenvalue weighted by molar-refractivity contribution is 9.10. The molecule has 0 saturated carbocycles. The van der Waals surface area contributed by atoms with E-state index in [9.17, 15) is 14.7 Å². The maximum absolute atomic E-state index is 12.3. The molecule has 0 aliphatic carbocycles. The smallest absolute Gasteiger partial charge is 0.331 e. The summed E-state index contributed by atoms with van der Waals surface area (Å²) in [5.74, 6) is 0. The summed E-state index contributed by atoms with van der Waals surface area (Å²) < 4.78 is 3.28. The second-order valence-electron chi connectivity index (χ2n) is 5.21. The molecule has 0 aliphatic heterocycles. The van der Waals surface area contributed by atoms with Gasteiger partial charge in [0.2, 0.25) is 0 Å². The summed E-state index contributed by atoms with van der Waals surface area (Å²) in [6, 6.07) is 5.15. The van der Waals surface area contributed by atoms with Crippen LogP contribution < -0.4 is 11.2 Å². The van der Waals surface area contributed by atoms with Crippen molar-refractivity contribution >= 4 is 26.8 Å². The lowest BCUT2D eigenvalue weighted by Gasteiger charge is -2.19. The van der Waals surface area contributed by atoms with Gasteiger partial charge in [0.25, 0.3) is 5.56 Å². The number of hydrogen-bond acceptors (Lipinski definition) is 3. The number of aliphatic hydroxyl groups is 1. The van der Waals surface area contributed by atoms with E-state index in [1.807, 2.05) is 0 Å². The Labute approximate surface area is 118 Å². The molecule has 1 aromatic heterocycles. The molecule has 19 heavy (non-hydrogen) atoms. The average Bonchev–Trinajstić information content (AvgIpc) is 2.30. The largest absolute Gasteiger partial charge is 0.389 e. The molecule has 1 N–H and O–H groups in total. The maximum atomic E-state index is 12.3. The van der Waals surface area contributed by atoms with E-state index in [0.29, 0.717) is 10.9 Å². The number of rotatable bonds is 2. The Hall–Kier alpha value is -1.40. The van der Waals surface area contributed by atoms with E-state index in [-0.39, 0.29) is 12.1 Å². The molecule has 0 saturated heterocycles. The van der Waals surface area contributed by atoms with E-state index in [1.165, 1.54) is 4.57 Å². The Kier molecular flexibility index (Phi) is 3.40. The first-order valence-corrected chi connectivity index (χ1v) is 6.61. The van der Waals surface area contributed by atoms with Crippen LogP contribution in [0.2, 0.25) is 0 Å². The summed E-state index contributed by atoms with van der Waals surface area (Å²) >= 11 is 3.32. The quantitative estimate of drug-likeness (QED) is 0.902. The molecule has 0 unspecified atom stereocenters. The normalized spacial score (nSPS) is 12.1.